The molecule has 1 aliphatic carbocycles. The third-order valence-corrected chi connectivity index (χ3v) is 7.33. The minimum atomic E-state index is 0.0919. The first-order valence-electron chi connectivity index (χ1n) is 12.5. The van der Waals surface area contributed by atoms with Crippen molar-refractivity contribution in [2.24, 2.45) is 5.92 Å². The van der Waals surface area contributed by atoms with E-state index in [1.807, 2.05) is 6.20 Å². The Morgan fingerprint density at radius 2 is 1.81 bits per heavy atom. The van der Waals surface area contributed by atoms with E-state index in [1.165, 1.54) is 70.8 Å². The van der Waals surface area contributed by atoms with E-state index in [-0.39, 0.29) is 5.91 Å². The van der Waals surface area contributed by atoms with Crippen LogP contribution in [0.3, 0.4) is 0 Å². The zero-order chi connectivity index (χ0) is 21.5. The highest BCUT2D eigenvalue weighted by Gasteiger charge is 2.30. The number of likely N-dealkylation sites (tertiary alicyclic amines) is 1. The lowest BCUT2D eigenvalue weighted by molar-refractivity contribution is -0.119. The van der Waals surface area contributed by atoms with Crippen molar-refractivity contribution >= 4 is 17.7 Å². The van der Waals surface area contributed by atoms with Gasteiger partial charge in [-0.05, 0) is 69.9 Å². The van der Waals surface area contributed by atoms with Gasteiger partial charge in [0.05, 0.1) is 0 Å². The number of carbonyl (C=O) groups is 1. The highest BCUT2D eigenvalue weighted by atomic mass is 16.1. The maximum atomic E-state index is 11.2. The topological polar surface area (TPSA) is 73.4 Å². The van der Waals surface area contributed by atoms with Crippen LogP contribution in [0.5, 0.6) is 0 Å². The third kappa shape index (κ3) is 6.55. The van der Waals surface area contributed by atoms with Crippen LogP contribution in [-0.4, -0.2) is 65.6 Å². The number of carbonyl (C=O) groups excluding carboxylic acids is 1. The lowest BCUT2D eigenvalue weighted by Crippen LogP contribution is -2.48. The van der Waals surface area contributed by atoms with Crippen LogP contribution in [0, 0.1) is 5.92 Å². The van der Waals surface area contributed by atoms with Gasteiger partial charge in [-0.1, -0.05) is 12.8 Å². The summed E-state index contributed by atoms with van der Waals surface area (Å²) in [7, 11) is 0. The molecule has 0 radical (unpaired) electrons. The largest absolute Gasteiger partial charge is 0.356 e. The molecule has 1 aromatic rings. The molecule has 1 unspecified atom stereocenters. The molecule has 2 N–H and O–H groups in total. The van der Waals surface area contributed by atoms with Crippen LogP contribution in [0.25, 0.3) is 0 Å². The van der Waals surface area contributed by atoms with Gasteiger partial charge in [0.1, 0.15) is 5.82 Å². The van der Waals surface area contributed by atoms with Crippen molar-refractivity contribution in [2.45, 2.75) is 83.2 Å². The minimum absolute atomic E-state index is 0.0919. The molecule has 1 amide bonds. The van der Waals surface area contributed by atoms with Crippen LogP contribution in [0.1, 0.15) is 71.1 Å². The van der Waals surface area contributed by atoms with Gasteiger partial charge in [0.15, 0.2) is 0 Å². The number of piperidine rings is 1. The molecule has 4 rings (SSSR count). The summed E-state index contributed by atoms with van der Waals surface area (Å²) in [6, 6.07) is 3.16. The number of hydrogen-bond acceptors (Lipinski definition) is 6. The quantitative estimate of drug-likeness (QED) is 0.723. The lowest BCUT2D eigenvalue weighted by atomic mass is 9.84. The Bertz CT molecular complexity index is 697. The molecule has 3 fully saturated rings. The smallest absolute Gasteiger partial charge is 0.224 e. The van der Waals surface area contributed by atoms with Gasteiger partial charge in [-0.2, -0.15) is 4.98 Å². The van der Waals surface area contributed by atoms with Gasteiger partial charge in [-0.15, -0.1) is 0 Å². The summed E-state index contributed by atoms with van der Waals surface area (Å²) in [5, 5.41) is 6.64. The van der Waals surface area contributed by atoms with E-state index in [2.05, 4.69) is 31.5 Å². The first-order valence-corrected chi connectivity index (χ1v) is 12.5. The van der Waals surface area contributed by atoms with Gasteiger partial charge < -0.3 is 15.5 Å². The van der Waals surface area contributed by atoms with Gasteiger partial charge in [0.2, 0.25) is 11.9 Å². The van der Waals surface area contributed by atoms with Gasteiger partial charge in [-0.3, -0.25) is 9.69 Å². The average Bonchev–Trinajstić information content (AvgIpc) is 3.08. The van der Waals surface area contributed by atoms with Gasteiger partial charge in [0, 0.05) is 51.4 Å². The molecule has 2 saturated heterocycles. The van der Waals surface area contributed by atoms with Crippen molar-refractivity contribution in [1.29, 1.82) is 0 Å². The van der Waals surface area contributed by atoms with Crippen molar-refractivity contribution < 1.29 is 4.79 Å². The Labute approximate surface area is 187 Å². The molecule has 0 spiro atoms. The number of nitrogens with zero attached hydrogens (tertiary/aromatic N) is 4. The molecule has 172 valence electrons. The van der Waals surface area contributed by atoms with Crippen molar-refractivity contribution in [1.82, 2.24) is 20.2 Å². The molecule has 3 aliphatic rings. The second-order valence-electron chi connectivity index (χ2n) is 9.73. The van der Waals surface area contributed by atoms with E-state index in [9.17, 15) is 4.79 Å². The molecule has 0 aromatic carbocycles. The number of nitrogens with one attached hydrogen (secondary N) is 2. The number of amides is 1. The molecule has 1 atom stereocenters. The van der Waals surface area contributed by atoms with E-state index in [0.717, 1.165) is 37.9 Å². The molecule has 1 aromatic heterocycles. The predicted octanol–water partition coefficient (Wildman–Crippen LogP) is 3.43. The maximum absolute atomic E-state index is 11.2. The van der Waals surface area contributed by atoms with E-state index >= 15 is 0 Å². The summed E-state index contributed by atoms with van der Waals surface area (Å²) in [6.07, 6.45) is 14.5. The van der Waals surface area contributed by atoms with Crippen LogP contribution in [0.4, 0.5) is 11.8 Å². The molecule has 7 heteroatoms. The monoisotopic (exact) mass is 428 g/mol. The first kappa shape index (κ1) is 22.3. The van der Waals surface area contributed by atoms with E-state index in [1.54, 1.807) is 6.92 Å². The van der Waals surface area contributed by atoms with Gasteiger partial charge in [0.25, 0.3) is 0 Å². The van der Waals surface area contributed by atoms with Gasteiger partial charge in [-0.25, -0.2) is 4.98 Å². The number of hydrogen-bond donors (Lipinski definition) is 2. The SMILES string of the molecule is CC(=O)NCC1CCC(N2CCCC(Nc3nccc(N4CCCCCC4)n3)C2)CC1. The van der Waals surface area contributed by atoms with Gasteiger partial charge >= 0.3 is 0 Å². The molecule has 3 heterocycles. The standard InChI is InChI=1S/C24H40N6O/c1-19(31)26-17-20-8-10-22(11-9-20)30-16-6-7-21(18-30)27-24-25-13-12-23(28-24)29-14-4-2-3-5-15-29/h12-13,20-22H,2-11,14-18H2,1H3,(H,26,31)(H,25,27,28). The van der Waals surface area contributed by atoms with Crippen LogP contribution in [0.2, 0.25) is 0 Å². The lowest BCUT2D eigenvalue weighted by Gasteiger charge is -2.41. The van der Waals surface area contributed by atoms with Crippen LogP contribution < -0.4 is 15.5 Å². The van der Waals surface area contributed by atoms with Crippen molar-refractivity contribution in [3.8, 4) is 0 Å². The van der Waals surface area contributed by atoms with Crippen molar-refractivity contribution in [3.05, 3.63) is 12.3 Å². The summed E-state index contributed by atoms with van der Waals surface area (Å²) in [6.45, 7) is 6.96. The Hall–Kier alpha value is -1.89. The number of anilines is 2. The summed E-state index contributed by atoms with van der Waals surface area (Å²) < 4.78 is 0. The minimum Gasteiger partial charge on any atom is -0.356 e. The molecule has 2 aliphatic heterocycles. The fourth-order valence-corrected chi connectivity index (χ4v) is 5.54. The molecule has 7 nitrogen and oxygen atoms in total. The summed E-state index contributed by atoms with van der Waals surface area (Å²) >= 11 is 0. The Balaban J connectivity index is 1.27. The maximum Gasteiger partial charge on any atom is 0.224 e. The molecule has 31 heavy (non-hydrogen) atoms. The Kier molecular flexibility index (Phi) is 8.00. The Morgan fingerprint density at radius 1 is 1.03 bits per heavy atom. The van der Waals surface area contributed by atoms with E-state index < -0.39 is 0 Å². The summed E-state index contributed by atoms with van der Waals surface area (Å²) in [5.74, 6) is 2.60. The van der Waals surface area contributed by atoms with Crippen molar-refractivity contribution in [3.63, 3.8) is 0 Å². The highest BCUT2D eigenvalue weighted by Crippen LogP contribution is 2.29. The first-order chi connectivity index (χ1) is 15.2. The highest BCUT2D eigenvalue weighted by molar-refractivity contribution is 5.72. The molecular weight excluding hydrogens is 388 g/mol. The number of rotatable bonds is 6. The van der Waals surface area contributed by atoms with E-state index in [4.69, 9.17) is 4.98 Å². The molecule has 0 bridgehead atoms. The third-order valence-electron chi connectivity index (χ3n) is 7.33. The zero-order valence-corrected chi connectivity index (χ0v) is 19.2. The zero-order valence-electron chi connectivity index (χ0n) is 19.2. The van der Waals surface area contributed by atoms with Crippen LogP contribution >= 0.6 is 0 Å². The second-order valence-corrected chi connectivity index (χ2v) is 9.73. The summed E-state index contributed by atoms with van der Waals surface area (Å²) in [4.78, 5) is 25.7. The average molecular weight is 429 g/mol. The number of aromatic nitrogens is 2. The fourth-order valence-electron chi connectivity index (χ4n) is 5.54. The van der Waals surface area contributed by atoms with Crippen LogP contribution in [0.15, 0.2) is 12.3 Å². The van der Waals surface area contributed by atoms with Crippen LogP contribution in [-0.2, 0) is 4.79 Å². The summed E-state index contributed by atoms with van der Waals surface area (Å²) in [5.41, 5.74) is 0. The second kappa shape index (κ2) is 11.1. The predicted molar refractivity (Wildman–Crippen MR) is 125 cm³/mol. The normalized spacial score (nSPS) is 28.0. The van der Waals surface area contributed by atoms with Crippen molar-refractivity contribution in [2.75, 3.05) is 42.9 Å². The molecular formula is C24H40N6O. The fraction of sp³-hybridized carbons (Fsp3) is 0.792. The Morgan fingerprint density at radius 3 is 2.55 bits per heavy atom. The van der Waals surface area contributed by atoms with E-state index in [0.29, 0.717) is 18.0 Å². The molecule has 1 saturated carbocycles.